The highest BCUT2D eigenvalue weighted by Crippen LogP contribution is 2.28. The second kappa shape index (κ2) is 8.67. The molecular formula is C27H22O3S. The lowest BCUT2D eigenvalue weighted by Crippen LogP contribution is -1.97. The van der Waals surface area contributed by atoms with Crippen molar-refractivity contribution in [2.45, 2.75) is 17.7 Å². The van der Waals surface area contributed by atoms with Crippen molar-refractivity contribution < 1.29 is 13.5 Å². The van der Waals surface area contributed by atoms with Crippen LogP contribution in [0.25, 0.3) is 10.8 Å². The van der Waals surface area contributed by atoms with E-state index in [-0.39, 0.29) is 10.6 Å². The number of benzene rings is 4. The molecule has 0 heterocycles. The van der Waals surface area contributed by atoms with Gasteiger partial charge in [0.05, 0.1) is 4.90 Å². The van der Waals surface area contributed by atoms with Gasteiger partial charge in [0.1, 0.15) is 5.75 Å². The van der Waals surface area contributed by atoms with E-state index in [4.69, 9.17) is 0 Å². The minimum atomic E-state index is -3.22. The van der Waals surface area contributed by atoms with Crippen LogP contribution in [0.1, 0.15) is 22.3 Å². The lowest BCUT2D eigenvalue weighted by molar-refractivity contribution is 0.470. The molecule has 1 N–H and O–H groups in total. The molecule has 4 aromatic carbocycles. The van der Waals surface area contributed by atoms with Gasteiger partial charge >= 0.3 is 0 Å². The first kappa shape index (κ1) is 20.7. The van der Waals surface area contributed by atoms with E-state index in [0.717, 1.165) is 27.5 Å². The van der Waals surface area contributed by atoms with Crippen molar-refractivity contribution in [3.63, 3.8) is 0 Å². The number of rotatable bonds is 4. The third kappa shape index (κ3) is 5.14. The van der Waals surface area contributed by atoms with Gasteiger partial charge in [-0.2, -0.15) is 0 Å². The van der Waals surface area contributed by atoms with Gasteiger partial charge in [-0.15, -0.1) is 0 Å². The topological polar surface area (TPSA) is 54.4 Å². The standard InChI is InChI=1S/C27H22O3S/c1-31(29,30)26-14-11-22(12-15-26)17-25-18-24-16-21(10-13-23(24)19-27(25)28)9-5-8-20-6-3-2-4-7-20/h2-4,6-7,10-16,18-19,28H,8,17H2,1H3. The Bertz CT molecular complexity index is 1390. The summed E-state index contributed by atoms with van der Waals surface area (Å²) in [5.41, 5.74) is 3.83. The van der Waals surface area contributed by atoms with Crippen LogP contribution in [0, 0.1) is 11.8 Å². The summed E-state index contributed by atoms with van der Waals surface area (Å²) in [5, 5.41) is 12.4. The average molecular weight is 427 g/mol. The van der Waals surface area contributed by atoms with Crippen molar-refractivity contribution in [3.8, 4) is 17.6 Å². The lowest BCUT2D eigenvalue weighted by atomic mass is 9.99. The molecule has 4 heteroatoms. The molecule has 0 fully saturated rings. The Morgan fingerprint density at radius 2 is 1.55 bits per heavy atom. The molecule has 0 saturated heterocycles. The zero-order chi connectivity index (χ0) is 21.8. The first-order valence-corrected chi connectivity index (χ1v) is 11.8. The Morgan fingerprint density at radius 3 is 2.26 bits per heavy atom. The van der Waals surface area contributed by atoms with Gasteiger partial charge in [0.15, 0.2) is 9.84 Å². The fourth-order valence-corrected chi connectivity index (χ4v) is 4.10. The molecular weight excluding hydrogens is 404 g/mol. The number of hydrogen-bond acceptors (Lipinski definition) is 3. The predicted octanol–water partition coefficient (Wildman–Crippen LogP) is 5.13. The number of sulfone groups is 1. The second-order valence-electron chi connectivity index (χ2n) is 7.60. The Labute approximate surface area is 182 Å². The minimum absolute atomic E-state index is 0.225. The monoisotopic (exact) mass is 426 g/mol. The van der Waals surface area contributed by atoms with E-state index in [1.807, 2.05) is 42.5 Å². The maximum absolute atomic E-state index is 11.6. The van der Waals surface area contributed by atoms with Gasteiger partial charge in [0.25, 0.3) is 0 Å². The Morgan fingerprint density at radius 1 is 0.806 bits per heavy atom. The molecule has 0 aromatic heterocycles. The molecule has 0 aliphatic carbocycles. The van der Waals surface area contributed by atoms with Crippen LogP contribution >= 0.6 is 0 Å². The molecule has 4 aromatic rings. The molecule has 0 atom stereocenters. The lowest BCUT2D eigenvalue weighted by Gasteiger charge is -2.09. The SMILES string of the molecule is CS(=O)(=O)c1ccc(Cc2cc3cc(C#CCc4ccccc4)ccc3cc2O)cc1. The number of hydrogen-bond donors (Lipinski definition) is 1. The third-order valence-corrected chi connectivity index (χ3v) is 6.28. The molecule has 154 valence electrons. The molecule has 0 aliphatic heterocycles. The summed E-state index contributed by atoms with van der Waals surface area (Å²) in [4.78, 5) is 0.290. The summed E-state index contributed by atoms with van der Waals surface area (Å²) in [7, 11) is -3.22. The van der Waals surface area contributed by atoms with Gasteiger partial charge in [0, 0.05) is 24.7 Å². The maximum atomic E-state index is 11.6. The molecule has 0 bridgehead atoms. The summed E-state index contributed by atoms with van der Waals surface area (Å²) >= 11 is 0. The van der Waals surface area contributed by atoms with Crippen molar-refractivity contribution in [2.75, 3.05) is 6.26 Å². The number of fused-ring (bicyclic) bond motifs is 1. The molecule has 0 unspecified atom stereocenters. The first-order chi connectivity index (χ1) is 14.9. The summed E-state index contributed by atoms with van der Waals surface area (Å²) in [6.45, 7) is 0. The number of phenols is 1. The van der Waals surface area contributed by atoms with Crippen LogP contribution in [0.2, 0.25) is 0 Å². The smallest absolute Gasteiger partial charge is 0.175 e. The highest BCUT2D eigenvalue weighted by atomic mass is 32.2. The van der Waals surface area contributed by atoms with Gasteiger partial charge in [-0.05, 0) is 63.9 Å². The zero-order valence-corrected chi connectivity index (χ0v) is 18.0. The number of aromatic hydroxyl groups is 1. The zero-order valence-electron chi connectivity index (χ0n) is 17.2. The highest BCUT2D eigenvalue weighted by molar-refractivity contribution is 7.90. The van der Waals surface area contributed by atoms with Crippen molar-refractivity contribution in [2.24, 2.45) is 0 Å². The summed E-state index contributed by atoms with van der Waals surface area (Å²) in [5.74, 6) is 6.66. The Balaban J connectivity index is 1.58. The van der Waals surface area contributed by atoms with E-state index in [1.54, 1.807) is 30.3 Å². The van der Waals surface area contributed by atoms with Crippen molar-refractivity contribution >= 4 is 20.6 Å². The molecule has 4 rings (SSSR count). The van der Waals surface area contributed by atoms with Crippen molar-refractivity contribution in [1.82, 2.24) is 0 Å². The molecule has 0 saturated carbocycles. The molecule has 0 amide bonds. The quantitative estimate of drug-likeness (QED) is 0.460. The molecule has 3 nitrogen and oxygen atoms in total. The van der Waals surface area contributed by atoms with Crippen LogP contribution in [0.5, 0.6) is 5.75 Å². The third-order valence-electron chi connectivity index (χ3n) is 5.15. The van der Waals surface area contributed by atoms with Crippen molar-refractivity contribution in [3.05, 3.63) is 107 Å². The Hall–Kier alpha value is -3.55. The van der Waals surface area contributed by atoms with Crippen LogP contribution in [-0.4, -0.2) is 19.8 Å². The first-order valence-electron chi connectivity index (χ1n) is 9.96. The van der Waals surface area contributed by atoms with E-state index in [0.29, 0.717) is 12.8 Å². The van der Waals surface area contributed by atoms with E-state index in [1.165, 1.54) is 11.8 Å². The molecule has 0 aliphatic rings. The van der Waals surface area contributed by atoms with Crippen LogP contribution in [-0.2, 0) is 22.7 Å². The molecule has 0 spiro atoms. The van der Waals surface area contributed by atoms with Crippen LogP contribution < -0.4 is 0 Å². The highest BCUT2D eigenvalue weighted by Gasteiger charge is 2.09. The van der Waals surface area contributed by atoms with Gasteiger partial charge in [-0.1, -0.05) is 60.4 Å². The Kier molecular flexibility index (Phi) is 5.79. The van der Waals surface area contributed by atoms with E-state index in [2.05, 4.69) is 24.0 Å². The summed E-state index contributed by atoms with van der Waals surface area (Å²) in [6.07, 6.45) is 2.40. The van der Waals surface area contributed by atoms with Gasteiger partial charge < -0.3 is 5.11 Å². The average Bonchev–Trinajstić information content (AvgIpc) is 2.75. The van der Waals surface area contributed by atoms with Gasteiger partial charge in [-0.25, -0.2) is 8.42 Å². The van der Waals surface area contributed by atoms with Crippen molar-refractivity contribution in [1.29, 1.82) is 0 Å². The second-order valence-corrected chi connectivity index (χ2v) is 9.62. The van der Waals surface area contributed by atoms with E-state index in [9.17, 15) is 13.5 Å². The summed E-state index contributed by atoms with van der Waals surface area (Å²) in [6, 6.07) is 26.6. The van der Waals surface area contributed by atoms with Gasteiger partial charge in [0.2, 0.25) is 0 Å². The molecule has 0 radical (unpaired) electrons. The van der Waals surface area contributed by atoms with Crippen LogP contribution in [0.3, 0.4) is 0 Å². The molecule has 31 heavy (non-hydrogen) atoms. The van der Waals surface area contributed by atoms with E-state index >= 15 is 0 Å². The fourth-order valence-electron chi connectivity index (χ4n) is 3.47. The maximum Gasteiger partial charge on any atom is 0.175 e. The fraction of sp³-hybridized carbons (Fsp3) is 0.111. The normalized spacial score (nSPS) is 11.1. The van der Waals surface area contributed by atoms with Crippen LogP contribution in [0.15, 0.2) is 89.8 Å². The van der Waals surface area contributed by atoms with E-state index < -0.39 is 9.84 Å². The minimum Gasteiger partial charge on any atom is -0.508 e. The largest absolute Gasteiger partial charge is 0.508 e. The summed E-state index contributed by atoms with van der Waals surface area (Å²) < 4.78 is 23.3. The number of phenolic OH excluding ortho intramolecular Hbond substituents is 1. The van der Waals surface area contributed by atoms with Crippen LogP contribution in [0.4, 0.5) is 0 Å². The van der Waals surface area contributed by atoms with Gasteiger partial charge in [-0.3, -0.25) is 0 Å². The predicted molar refractivity (Wildman–Crippen MR) is 125 cm³/mol.